The number of nitrogens with one attached hydrogen (secondary N) is 2. The maximum atomic E-state index is 12.2. The first-order valence-electron chi connectivity index (χ1n) is 7.77. The molecule has 2 aliphatic rings. The van der Waals surface area contributed by atoms with E-state index in [9.17, 15) is 9.59 Å². The lowest BCUT2D eigenvalue weighted by molar-refractivity contribution is -0.0807. The van der Waals surface area contributed by atoms with Gasteiger partial charge in [0.1, 0.15) is 5.60 Å². The van der Waals surface area contributed by atoms with Crippen molar-refractivity contribution < 1.29 is 4.74 Å². The van der Waals surface area contributed by atoms with Gasteiger partial charge in [-0.1, -0.05) is 6.07 Å². The van der Waals surface area contributed by atoms with Crippen molar-refractivity contribution in [3.63, 3.8) is 0 Å². The van der Waals surface area contributed by atoms with E-state index in [0.29, 0.717) is 17.9 Å². The van der Waals surface area contributed by atoms with Crippen LogP contribution in [0.15, 0.2) is 34.1 Å². The molecule has 0 unspecified atom stereocenters. The van der Waals surface area contributed by atoms with Crippen molar-refractivity contribution in [2.45, 2.75) is 31.6 Å². The fourth-order valence-electron chi connectivity index (χ4n) is 3.62. The Bertz CT molecular complexity index is 819. The number of rotatable bonds is 2. The van der Waals surface area contributed by atoms with Gasteiger partial charge in [0.25, 0.3) is 5.56 Å². The molecule has 7 heteroatoms. The molecule has 4 rings (SSSR count). The van der Waals surface area contributed by atoms with E-state index < -0.39 is 11.3 Å². The Morgan fingerprint density at radius 2 is 2.09 bits per heavy atom. The van der Waals surface area contributed by atoms with Gasteiger partial charge in [-0.3, -0.25) is 19.7 Å². The molecule has 120 valence electrons. The lowest BCUT2D eigenvalue weighted by Gasteiger charge is -2.38. The molecule has 1 spiro atoms. The van der Waals surface area contributed by atoms with E-state index in [0.717, 1.165) is 32.5 Å². The maximum Gasteiger partial charge on any atom is 0.325 e. The number of fused-ring (bicyclic) bond motifs is 2. The van der Waals surface area contributed by atoms with Crippen LogP contribution in [0.1, 0.15) is 29.7 Å². The van der Waals surface area contributed by atoms with Crippen molar-refractivity contribution in [3.8, 4) is 0 Å². The number of pyridine rings is 1. The molecule has 2 aromatic heterocycles. The third-order valence-corrected chi connectivity index (χ3v) is 4.76. The summed E-state index contributed by atoms with van der Waals surface area (Å²) in [6.07, 6.45) is 5.14. The zero-order valence-corrected chi connectivity index (χ0v) is 12.7. The molecule has 1 fully saturated rings. The minimum Gasteiger partial charge on any atom is -0.364 e. The number of hydrogen-bond donors (Lipinski definition) is 2. The van der Waals surface area contributed by atoms with Crippen molar-refractivity contribution in [1.82, 2.24) is 19.9 Å². The molecular formula is C16H18N4O3. The van der Waals surface area contributed by atoms with Crippen LogP contribution in [-0.4, -0.2) is 32.9 Å². The molecule has 0 amide bonds. The van der Waals surface area contributed by atoms with E-state index in [2.05, 4.69) is 25.9 Å². The smallest absolute Gasteiger partial charge is 0.325 e. The van der Waals surface area contributed by atoms with Crippen molar-refractivity contribution in [2.24, 2.45) is 0 Å². The summed E-state index contributed by atoms with van der Waals surface area (Å²) in [7, 11) is 0. The summed E-state index contributed by atoms with van der Waals surface area (Å²) in [5.74, 6) is 0. The van der Waals surface area contributed by atoms with Gasteiger partial charge in [-0.2, -0.15) is 0 Å². The number of piperidine rings is 1. The molecule has 23 heavy (non-hydrogen) atoms. The fraction of sp³-hybridized carbons (Fsp3) is 0.438. The van der Waals surface area contributed by atoms with E-state index in [1.165, 1.54) is 5.56 Å². The van der Waals surface area contributed by atoms with Crippen molar-refractivity contribution in [2.75, 3.05) is 13.1 Å². The van der Waals surface area contributed by atoms with Gasteiger partial charge < -0.3 is 9.72 Å². The highest BCUT2D eigenvalue weighted by molar-refractivity contribution is 5.28. The standard InChI is InChI=1S/C16H18N4O3/c21-14-13-12(18-15(22)19-14)10-23-16(13)3-6-20(7-4-16)9-11-2-1-5-17-8-11/h1-2,5,8H,3-4,6-7,9-10H2,(H2,18,19,21,22). The second kappa shape index (κ2) is 5.43. The number of aromatic amines is 2. The van der Waals surface area contributed by atoms with Crippen LogP contribution < -0.4 is 11.2 Å². The van der Waals surface area contributed by atoms with Crippen LogP contribution in [0.3, 0.4) is 0 Å². The van der Waals surface area contributed by atoms with Gasteiger partial charge in [0.15, 0.2) is 0 Å². The van der Waals surface area contributed by atoms with Crippen LogP contribution in [0, 0.1) is 0 Å². The molecule has 0 saturated carbocycles. The molecule has 2 aliphatic heterocycles. The summed E-state index contributed by atoms with van der Waals surface area (Å²) in [6, 6.07) is 4.00. The molecule has 0 bridgehead atoms. The van der Waals surface area contributed by atoms with E-state index in [-0.39, 0.29) is 5.56 Å². The van der Waals surface area contributed by atoms with Crippen molar-refractivity contribution in [1.29, 1.82) is 0 Å². The van der Waals surface area contributed by atoms with Crippen LogP contribution in [-0.2, 0) is 23.5 Å². The predicted octanol–water partition coefficient (Wildman–Crippen LogP) is 0.480. The number of nitrogens with zero attached hydrogens (tertiary/aromatic N) is 2. The minimum atomic E-state index is -0.557. The first-order chi connectivity index (χ1) is 11.2. The highest BCUT2D eigenvalue weighted by atomic mass is 16.5. The monoisotopic (exact) mass is 314 g/mol. The lowest BCUT2D eigenvalue weighted by atomic mass is 9.85. The van der Waals surface area contributed by atoms with Crippen LogP contribution in [0.5, 0.6) is 0 Å². The highest BCUT2D eigenvalue weighted by Gasteiger charge is 2.45. The molecule has 2 N–H and O–H groups in total. The fourth-order valence-corrected chi connectivity index (χ4v) is 3.62. The molecule has 2 aromatic rings. The summed E-state index contributed by atoms with van der Waals surface area (Å²) >= 11 is 0. The van der Waals surface area contributed by atoms with E-state index in [1.54, 1.807) is 6.20 Å². The quantitative estimate of drug-likeness (QED) is 0.841. The molecule has 7 nitrogen and oxygen atoms in total. The average molecular weight is 314 g/mol. The van der Waals surface area contributed by atoms with Crippen LogP contribution in [0.25, 0.3) is 0 Å². The summed E-state index contributed by atoms with van der Waals surface area (Å²) in [6.45, 7) is 2.83. The summed E-state index contributed by atoms with van der Waals surface area (Å²) in [5, 5.41) is 0. The number of likely N-dealkylation sites (tertiary alicyclic amines) is 1. The Labute approximate surface area is 132 Å². The first kappa shape index (κ1) is 14.3. The van der Waals surface area contributed by atoms with Crippen LogP contribution in [0.2, 0.25) is 0 Å². The zero-order valence-electron chi connectivity index (χ0n) is 12.7. The Kier molecular flexibility index (Phi) is 3.39. The van der Waals surface area contributed by atoms with Crippen LogP contribution in [0.4, 0.5) is 0 Å². The second-order valence-corrected chi connectivity index (χ2v) is 6.18. The molecule has 4 heterocycles. The third-order valence-electron chi connectivity index (χ3n) is 4.76. The minimum absolute atomic E-state index is 0.303. The van der Waals surface area contributed by atoms with Gasteiger partial charge in [-0.25, -0.2) is 4.79 Å². The van der Waals surface area contributed by atoms with Crippen molar-refractivity contribution in [3.05, 3.63) is 62.2 Å². The molecule has 1 saturated heterocycles. The summed E-state index contributed by atoms with van der Waals surface area (Å²) in [5.41, 5.74) is 1.07. The molecule has 0 radical (unpaired) electrons. The van der Waals surface area contributed by atoms with Gasteiger partial charge in [0.05, 0.1) is 17.9 Å². The van der Waals surface area contributed by atoms with Gasteiger partial charge in [-0.05, 0) is 24.5 Å². The van der Waals surface area contributed by atoms with Gasteiger partial charge in [0, 0.05) is 32.0 Å². The highest BCUT2D eigenvalue weighted by Crippen LogP contribution is 2.41. The third kappa shape index (κ3) is 2.51. The summed E-state index contributed by atoms with van der Waals surface area (Å²) in [4.78, 5) is 35.1. The largest absolute Gasteiger partial charge is 0.364 e. The Morgan fingerprint density at radius 1 is 1.26 bits per heavy atom. The maximum absolute atomic E-state index is 12.2. The van der Waals surface area contributed by atoms with E-state index in [4.69, 9.17) is 4.74 Å². The number of ether oxygens (including phenoxy) is 1. The van der Waals surface area contributed by atoms with Gasteiger partial charge >= 0.3 is 5.69 Å². The van der Waals surface area contributed by atoms with Gasteiger partial charge in [-0.15, -0.1) is 0 Å². The number of hydrogen-bond acceptors (Lipinski definition) is 5. The SMILES string of the molecule is O=c1[nH]c2c(c(=O)[nH]1)C1(CCN(Cc3cccnc3)CC1)OC2. The molecule has 0 aliphatic carbocycles. The van der Waals surface area contributed by atoms with Crippen LogP contribution >= 0.6 is 0 Å². The normalized spacial score (nSPS) is 19.8. The Balaban J connectivity index is 1.53. The zero-order chi connectivity index (χ0) is 15.9. The lowest BCUT2D eigenvalue weighted by Crippen LogP contribution is -2.45. The van der Waals surface area contributed by atoms with Gasteiger partial charge in [0.2, 0.25) is 0 Å². The predicted molar refractivity (Wildman–Crippen MR) is 82.9 cm³/mol. The molecule has 0 aromatic carbocycles. The average Bonchev–Trinajstić information content (AvgIpc) is 2.89. The second-order valence-electron chi connectivity index (χ2n) is 6.18. The topological polar surface area (TPSA) is 91.1 Å². The Morgan fingerprint density at radius 3 is 2.83 bits per heavy atom. The number of H-pyrrole nitrogens is 2. The van der Waals surface area contributed by atoms with E-state index in [1.807, 2.05) is 12.3 Å². The summed E-state index contributed by atoms with van der Waals surface area (Å²) < 4.78 is 5.96. The van der Waals surface area contributed by atoms with E-state index >= 15 is 0 Å². The molecular weight excluding hydrogens is 296 g/mol. The van der Waals surface area contributed by atoms with Crippen molar-refractivity contribution >= 4 is 0 Å². The first-order valence-corrected chi connectivity index (χ1v) is 7.77. The molecule has 0 atom stereocenters. The Hall–Kier alpha value is -2.25. The number of aromatic nitrogens is 3.